The molecule has 3 aromatic rings. The summed E-state index contributed by atoms with van der Waals surface area (Å²) in [7, 11) is -4.07. The van der Waals surface area contributed by atoms with Crippen LogP contribution >= 0.6 is 23.2 Å². The van der Waals surface area contributed by atoms with Crippen LogP contribution in [0.3, 0.4) is 0 Å². The van der Waals surface area contributed by atoms with E-state index in [1.54, 1.807) is 67.6 Å². The normalized spacial score (nSPS) is 20.4. The van der Waals surface area contributed by atoms with Crippen molar-refractivity contribution in [3.05, 3.63) is 130 Å². The van der Waals surface area contributed by atoms with Gasteiger partial charge in [-0.3, -0.25) is 14.4 Å². The number of benzene rings is 3. The molecule has 55 heavy (non-hydrogen) atoms. The fourth-order valence-corrected chi connectivity index (χ4v) is 8.43. The predicted octanol–water partition coefficient (Wildman–Crippen LogP) is 7.78. The van der Waals surface area contributed by atoms with E-state index in [0.717, 1.165) is 0 Å². The highest BCUT2D eigenvalue weighted by molar-refractivity contribution is 7.89. The van der Waals surface area contributed by atoms with Crippen molar-refractivity contribution in [3.63, 3.8) is 0 Å². The lowest BCUT2D eigenvalue weighted by atomic mass is 9.76. The minimum atomic E-state index is -4.07. The van der Waals surface area contributed by atoms with Gasteiger partial charge in [0.1, 0.15) is 17.2 Å². The van der Waals surface area contributed by atoms with Gasteiger partial charge in [-0.1, -0.05) is 87.8 Å². The minimum absolute atomic E-state index is 0.0677. The monoisotopic (exact) mass is 810 g/mol. The predicted molar refractivity (Wildman–Crippen MR) is 203 cm³/mol. The van der Waals surface area contributed by atoms with Crippen molar-refractivity contribution in [2.45, 2.75) is 68.9 Å². The van der Waals surface area contributed by atoms with Gasteiger partial charge in [0, 0.05) is 42.4 Å². The van der Waals surface area contributed by atoms with Crippen molar-refractivity contribution in [1.82, 2.24) is 15.1 Å². The van der Waals surface area contributed by atoms with Crippen molar-refractivity contribution in [2.24, 2.45) is 15.3 Å². The van der Waals surface area contributed by atoms with E-state index in [4.69, 9.17) is 49.4 Å². The molecule has 0 radical (unpaired) electrons. The SMILES string of the molecule is CC(CN=[N+]=[N-])(CN=[N+]=[N-])Oc1ccc(CONC(=O)[C@@H]2c3ccccc3C(=O)N([C@H]3CCCC[C@@H]3NS(=O)(=O)CN=[N+]=[N-])[C@H]2c2ccc(Cl)cc2Cl)cc1. The number of amides is 2. The van der Waals surface area contributed by atoms with E-state index in [0.29, 0.717) is 53.1 Å². The number of carbonyl (C=O) groups excluding carboxylic acids is 2. The molecule has 1 aliphatic heterocycles. The van der Waals surface area contributed by atoms with Gasteiger partial charge in [0.05, 0.1) is 31.7 Å². The van der Waals surface area contributed by atoms with Crippen LogP contribution in [0.25, 0.3) is 31.3 Å². The Labute approximate surface area is 326 Å². The van der Waals surface area contributed by atoms with Gasteiger partial charge >= 0.3 is 0 Å². The number of azide groups is 3. The summed E-state index contributed by atoms with van der Waals surface area (Å²) >= 11 is 13.1. The van der Waals surface area contributed by atoms with Gasteiger partial charge in [0.25, 0.3) is 11.8 Å². The molecule has 3 aromatic carbocycles. The van der Waals surface area contributed by atoms with Crippen molar-refractivity contribution in [1.29, 1.82) is 0 Å². The third-order valence-corrected chi connectivity index (χ3v) is 11.0. The van der Waals surface area contributed by atoms with E-state index < -0.39 is 57.4 Å². The van der Waals surface area contributed by atoms with Crippen molar-refractivity contribution < 1.29 is 27.6 Å². The van der Waals surface area contributed by atoms with Crippen molar-refractivity contribution in [3.8, 4) is 5.75 Å². The topological polar surface area (TPSA) is 260 Å². The summed E-state index contributed by atoms with van der Waals surface area (Å²) in [6.07, 6.45) is 2.14. The summed E-state index contributed by atoms with van der Waals surface area (Å²) in [6, 6.07) is 15.6. The second kappa shape index (κ2) is 18.4. The number of hydrogen-bond acceptors (Lipinski definition) is 9. The molecule has 0 unspecified atom stereocenters. The summed E-state index contributed by atoms with van der Waals surface area (Å²) in [6.45, 7) is 1.42. The second-order valence-corrected chi connectivity index (χ2v) is 15.7. The molecule has 2 amide bonds. The zero-order valence-electron chi connectivity index (χ0n) is 29.4. The van der Waals surface area contributed by atoms with Crippen LogP contribution in [0, 0.1) is 0 Å². The Balaban J connectivity index is 1.44. The highest BCUT2D eigenvalue weighted by Gasteiger charge is 2.49. The molecule has 21 heteroatoms. The van der Waals surface area contributed by atoms with Crippen molar-refractivity contribution >= 4 is 45.0 Å². The van der Waals surface area contributed by atoms with Gasteiger partial charge in [0.2, 0.25) is 10.0 Å². The summed E-state index contributed by atoms with van der Waals surface area (Å²) < 4.78 is 34.5. The lowest BCUT2D eigenvalue weighted by Gasteiger charge is -2.49. The van der Waals surface area contributed by atoms with E-state index >= 15 is 0 Å². The van der Waals surface area contributed by atoms with E-state index in [9.17, 15) is 18.0 Å². The maximum Gasteiger partial charge on any atom is 0.255 e. The highest BCUT2D eigenvalue weighted by Crippen LogP contribution is 2.48. The third-order valence-electron chi connectivity index (χ3n) is 9.28. The van der Waals surface area contributed by atoms with Gasteiger partial charge < -0.3 is 9.64 Å². The fourth-order valence-electron chi connectivity index (χ4n) is 6.89. The summed E-state index contributed by atoms with van der Waals surface area (Å²) in [5.74, 6) is -2.49. The smallest absolute Gasteiger partial charge is 0.255 e. The summed E-state index contributed by atoms with van der Waals surface area (Å²) in [4.78, 5) is 44.3. The summed E-state index contributed by atoms with van der Waals surface area (Å²) in [5.41, 5.74) is 29.5. The van der Waals surface area contributed by atoms with Gasteiger partial charge in [0.15, 0.2) is 0 Å². The number of carbonyl (C=O) groups is 2. The molecule has 1 aliphatic carbocycles. The summed E-state index contributed by atoms with van der Waals surface area (Å²) in [5, 5.41) is 10.8. The van der Waals surface area contributed by atoms with E-state index in [-0.39, 0.29) is 30.3 Å². The van der Waals surface area contributed by atoms with Crippen LogP contribution in [-0.2, 0) is 26.3 Å². The fraction of sp³-hybridized carbons (Fsp3) is 0.412. The molecule has 0 aromatic heterocycles. The Morgan fingerprint density at radius 1 is 0.945 bits per heavy atom. The van der Waals surface area contributed by atoms with Crippen molar-refractivity contribution in [2.75, 3.05) is 19.0 Å². The van der Waals surface area contributed by atoms with Crippen LogP contribution in [0.5, 0.6) is 5.75 Å². The first-order chi connectivity index (χ1) is 26.4. The largest absolute Gasteiger partial charge is 0.487 e. The Bertz CT molecular complexity index is 2140. The number of hydroxylamine groups is 1. The Hall–Kier alpha value is -5.22. The molecular weight excluding hydrogens is 775 g/mol. The Morgan fingerprint density at radius 3 is 2.29 bits per heavy atom. The maximum atomic E-state index is 14.5. The molecule has 1 heterocycles. The molecule has 1 saturated carbocycles. The number of rotatable bonds is 16. The molecule has 18 nitrogen and oxygen atoms in total. The van der Waals surface area contributed by atoms with Crippen LogP contribution in [0.1, 0.15) is 71.6 Å². The Morgan fingerprint density at radius 2 is 1.62 bits per heavy atom. The molecule has 2 N–H and O–H groups in total. The second-order valence-electron chi connectivity index (χ2n) is 13.2. The minimum Gasteiger partial charge on any atom is -0.487 e. The number of ether oxygens (including phenoxy) is 1. The van der Waals surface area contributed by atoms with Gasteiger partial charge in [-0.05, 0) is 83.4 Å². The van der Waals surface area contributed by atoms with Crippen LogP contribution in [-0.4, -0.2) is 61.8 Å². The van der Waals surface area contributed by atoms with E-state index in [1.165, 1.54) is 11.0 Å². The molecule has 0 saturated heterocycles. The van der Waals surface area contributed by atoms with Crippen LogP contribution < -0.4 is 14.9 Å². The molecular formula is C34H36Cl2N12O6S. The third kappa shape index (κ3) is 10.1. The number of sulfonamides is 1. The Kier molecular flexibility index (Phi) is 13.7. The number of hydrogen-bond donors (Lipinski definition) is 2. The molecule has 0 spiro atoms. The van der Waals surface area contributed by atoms with E-state index in [1.807, 2.05) is 0 Å². The molecule has 288 valence electrons. The first-order valence-corrected chi connectivity index (χ1v) is 19.4. The zero-order valence-corrected chi connectivity index (χ0v) is 31.7. The first kappa shape index (κ1) is 41.0. The number of halogens is 2. The quantitative estimate of drug-likeness (QED) is 0.0631. The highest BCUT2D eigenvalue weighted by atomic mass is 35.5. The zero-order chi connectivity index (χ0) is 39.6. The number of nitrogens with zero attached hydrogens (tertiary/aromatic N) is 10. The number of nitrogens with one attached hydrogen (secondary N) is 2. The van der Waals surface area contributed by atoms with Gasteiger partial charge in [-0.25, -0.2) is 18.6 Å². The van der Waals surface area contributed by atoms with E-state index in [2.05, 4.69) is 40.3 Å². The maximum absolute atomic E-state index is 14.5. The molecule has 2 aliphatic rings. The lowest BCUT2D eigenvalue weighted by Crippen LogP contribution is -2.59. The molecule has 4 atom stereocenters. The molecule has 1 fully saturated rings. The standard InChI is InChI=1S/C34H36Cl2N12O6S/c1-34(18-40-45-37,19-41-46-38)54-23-13-10-21(11-14-23)17-53-43-32(49)30-24-6-2-3-7-25(24)33(50)48(31(30)26-15-12-22(35)16-27(26)36)29-9-5-4-8-28(29)44-55(51,52)20-42-47-39/h2-3,6-7,10-16,28-31,44H,4-5,8-9,17-20H2,1H3,(H,43,49)/t28-,29-,30+,31-/m0/s1. The van der Waals surface area contributed by atoms with Crippen LogP contribution in [0.4, 0.5) is 0 Å². The molecule has 0 bridgehead atoms. The van der Waals surface area contributed by atoms with Gasteiger partial charge in [-0.15, -0.1) is 0 Å². The number of fused-ring (bicyclic) bond motifs is 1. The average molecular weight is 812 g/mol. The van der Waals surface area contributed by atoms with Crippen LogP contribution in [0.15, 0.2) is 82.1 Å². The average Bonchev–Trinajstić information content (AvgIpc) is 3.16. The lowest BCUT2D eigenvalue weighted by molar-refractivity contribution is -0.138. The first-order valence-electron chi connectivity index (χ1n) is 17.0. The van der Waals surface area contributed by atoms with Gasteiger partial charge in [-0.2, -0.15) is 0 Å². The molecule has 5 rings (SSSR count). The van der Waals surface area contributed by atoms with Crippen LogP contribution in [0.2, 0.25) is 10.0 Å².